The van der Waals surface area contributed by atoms with E-state index in [2.05, 4.69) is 56.3 Å². The maximum absolute atomic E-state index is 12.8. The second-order valence-electron chi connectivity index (χ2n) is 8.65. The Balaban J connectivity index is 1.46. The number of anilines is 2. The highest BCUT2D eigenvalue weighted by Crippen LogP contribution is 2.32. The molecule has 1 atom stereocenters. The van der Waals surface area contributed by atoms with E-state index in [1.165, 1.54) is 15.8 Å². The summed E-state index contributed by atoms with van der Waals surface area (Å²) >= 11 is 1.61. The highest BCUT2D eigenvalue weighted by Gasteiger charge is 2.18. The third-order valence-corrected chi connectivity index (χ3v) is 7.34. The van der Waals surface area contributed by atoms with Gasteiger partial charge in [-0.05, 0) is 53.4 Å². The quantitative estimate of drug-likeness (QED) is 0.342. The Bertz CT molecular complexity index is 1390. The Morgan fingerprint density at radius 1 is 1.14 bits per heavy atom. The van der Waals surface area contributed by atoms with Gasteiger partial charge < -0.3 is 26.0 Å². The molecule has 4 aromatic rings. The minimum Gasteiger partial charge on any atom is -0.378 e. The Kier molecular flexibility index (Phi) is 6.83. The van der Waals surface area contributed by atoms with Crippen LogP contribution in [0, 0.1) is 0 Å². The number of thiophene rings is 1. The van der Waals surface area contributed by atoms with E-state index in [0.717, 1.165) is 41.1 Å². The Morgan fingerprint density at radius 3 is 2.74 bits per heavy atom. The molecule has 0 spiro atoms. The van der Waals surface area contributed by atoms with E-state index < -0.39 is 6.17 Å². The van der Waals surface area contributed by atoms with E-state index in [9.17, 15) is 4.79 Å². The van der Waals surface area contributed by atoms with Crippen LogP contribution in [0.15, 0.2) is 58.7 Å². The third-order valence-electron chi connectivity index (χ3n) is 6.32. The number of nitrogens with two attached hydrogens (primary N) is 1. The summed E-state index contributed by atoms with van der Waals surface area (Å²) in [6.45, 7) is 3.82. The van der Waals surface area contributed by atoms with Crippen molar-refractivity contribution in [1.29, 1.82) is 0 Å². The van der Waals surface area contributed by atoms with E-state index in [0.29, 0.717) is 24.4 Å². The highest BCUT2D eigenvalue weighted by molar-refractivity contribution is 7.10. The zero-order chi connectivity index (χ0) is 24.4. The molecule has 0 bridgehead atoms. The molecular weight excluding hydrogens is 460 g/mol. The first-order valence-electron chi connectivity index (χ1n) is 11.7. The Morgan fingerprint density at radius 2 is 1.94 bits per heavy atom. The van der Waals surface area contributed by atoms with E-state index >= 15 is 0 Å². The van der Waals surface area contributed by atoms with Gasteiger partial charge in [0.05, 0.1) is 18.6 Å². The second kappa shape index (κ2) is 10.2. The van der Waals surface area contributed by atoms with Gasteiger partial charge in [0, 0.05) is 42.6 Å². The van der Waals surface area contributed by atoms with Crippen molar-refractivity contribution in [2.75, 3.05) is 43.6 Å². The number of aromatic nitrogens is 2. The highest BCUT2D eigenvalue weighted by atomic mass is 32.1. The minimum absolute atomic E-state index is 0.132. The van der Waals surface area contributed by atoms with Crippen molar-refractivity contribution in [1.82, 2.24) is 15.1 Å². The summed E-state index contributed by atoms with van der Waals surface area (Å²) in [6.07, 6.45) is -0.467. The van der Waals surface area contributed by atoms with Crippen molar-refractivity contribution in [3.05, 3.63) is 74.7 Å². The molecule has 1 aliphatic heterocycles. The lowest BCUT2D eigenvalue weighted by molar-refractivity contribution is 0.122. The molecule has 9 heteroatoms. The fraction of sp³-hybridized carbons (Fsp3) is 0.308. The number of morpholine rings is 1. The van der Waals surface area contributed by atoms with Gasteiger partial charge in [-0.15, -0.1) is 11.3 Å². The standard InChI is InChI=1S/C26H30N6O2S/c1-28-15-17-5-3-4-6-20(17)18-13-23(35-16-18)24(27)29-25-22-14-19(32-9-11-34-12-10-32)7-8-21(22)26(33)31(2)30-25/h3-8,13-14,16,24,28H,9-12,15,27H2,1-2H3,(H,29,30)/t24-/m0/s1. The van der Waals surface area contributed by atoms with Crippen LogP contribution in [0.4, 0.5) is 11.5 Å². The van der Waals surface area contributed by atoms with Crippen LogP contribution in [0.3, 0.4) is 0 Å². The maximum atomic E-state index is 12.8. The minimum atomic E-state index is -0.467. The summed E-state index contributed by atoms with van der Waals surface area (Å²) in [4.78, 5) is 16.0. The Hall–Kier alpha value is -3.24. The maximum Gasteiger partial charge on any atom is 0.274 e. The normalized spacial score (nSPS) is 14.9. The van der Waals surface area contributed by atoms with Crippen molar-refractivity contribution in [3.63, 3.8) is 0 Å². The van der Waals surface area contributed by atoms with Crippen molar-refractivity contribution in [2.24, 2.45) is 12.8 Å². The van der Waals surface area contributed by atoms with Gasteiger partial charge >= 0.3 is 0 Å². The van der Waals surface area contributed by atoms with Crippen LogP contribution in [0.5, 0.6) is 0 Å². The van der Waals surface area contributed by atoms with Gasteiger partial charge in [0.2, 0.25) is 0 Å². The molecule has 5 rings (SSSR count). The summed E-state index contributed by atoms with van der Waals surface area (Å²) in [5.41, 5.74) is 11.1. The van der Waals surface area contributed by atoms with Crippen LogP contribution >= 0.6 is 11.3 Å². The summed E-state index contributed by atoms with van der Waals surface area (Å²) in [5, 5.41) is 14.6. The lowest BCUT2D eigenvalue weighted by atomic mass is 10.0. The summed E-state index contributed by atoms with van der Waals surface area (Å²) in [6, 6.07) is 16.4. The van der Waals surface area contributed by atoms with Gasteiger partial charge in [-0.1, -0.05) is 24.3 Å². The average molecular weight is 491 g/mol. The largest absolute Gasteiger partial charge is 0.378 e. The number of aryl methyl sites for hydroxylation is 1. The number of rotatable bonds is 7. The van der Waals surface area contributed by atoms with Gasteiger partial charge in [-0.2, -0.15) is 5.10 Å². The van der Waals surface area contributed by atoms with Gasteiger partial charge in [0.25, 0.3) is 5.56 Å². The lowest BCUT2D eigenvalue weighted by Gasteiger charge is -2.29. The van der Waals surface area contributed by atoms with Crippen LogP contribution in [0.2, 0.25) is 0 Å². The second-order valence-corrected chi connectivity index (χ2v) is 9.60. The number of nitrogens with one attached hydrogen (secondary N) is 2. The summed E-state index contributed by atoms with van der Waals surface area (Å²) < 4.78 is 6.85. The number of fused-ring (bicyclic) bond motifs is 1. The number of nitrogens with zero attached hydrogens (tertiary/aromatic N) is 3. The molecule has 1 saturated heterocycles. The predicted molar refractivity (Wildman–Crippen MR) is 143 cm³/mol. The monoisotopic (exact) mass is 490 g/mol. The molecule has 182 valence electrons. The molecule has 0 unspecified atom stereocenters. The first-order chi connectivity index (χ1) is 17.0. The van der Waals surface area contributed by atoms with Crippen LogP contribution in [0.1, 0.15) is 16.6 Å². The van der Waals surface area contributed by atoms with Crippen molar-refractivity contribution in [3.8, 4) is 11.1 Å². The van der Waals surface area contributed by atoms with Crippen LogP contribution < -0.4 is 26.8 Å². The van der Waals surface area contributed by atoms with Crippen molar-refractivity contribution < 1.29 is 4.74 Å². The van der Waals surface area contributed by atoms with Crippen molar-refractivity contribution >= 4 is 33.6 Å². The van der Waals surface area contributed by atoms with Crippen LogP contribution in [-0.4, -0.2) is 43.1 Å². The fourth-order valence-electron chi connectivity index (χ4n) is 4.49. The van der Waals surface area contributed by atoms with Gasteiger partial charge in [0.1, 0.15) is 6.17 Å². The van der Waals surface area contributed by atoms with Gasteiger partial charge in [-0.25, -0.2) is 4.68 Å². The molecule has 2 aromatic heterocycles. The third kappa shape index (κ3) is 4.81. The SMILES string of the molecule is CNCc1ccccc1-c1csc([C@@H](N)Nc2nn(C)c(=O)c3ccc(N4CCOCC4)cc23)c1. The zero-order valence-electron chi connectivity index (χ0n) is 20.0. The number of hydrogen-bond donors (Lipinski definition) is 3. The van der Waals surface area contributed by atoms with E-state index in [1.54, 1.807) is 18.4 Å². The molecule has 0 aliphatic carbocycles. The zero-order valence-corrected chi connectivity index (χ0v) is 20.8. The molecule has 0 saturated carbocycles. The predicted octanol–water partition coefficient (Wildman–Crippen LogP) is 3.29. The molecule has 3 heterocycles. The summed E-state index contributed by atoms with van der Waals surface area (Å²) in [7, 11) is 3.61. The van der Waals surface area contributed by atoms with Crippen molar-refractivity contribution in [2.45, 2.75) is 12.7 Å². The van der Waals surface area contributed by atoms with Crippen LogP contribution in [0.25, 0.3) is 21.9 Å². The van der Waals surface area contributed by atoms with Gasteiger partial charge in [0.15, 0.2) is 5.82 Å². The molecule has 8 nitrogen and oxygen atoms in total. The molecule has 0 amide bonds. The van der Waals surface area contributed by atoms with Gasteiger partial charge in [-0.3, -0.25) is 4.79 Å². The van der Waals surface area contributed by atoms with Crippen LogP contribution in [-0.2, 0) is 18.3 Å². The molecule has 1 aliphatic rings. The van der Waals surface area contributed by atoms with E-state index in [-0.39, 0.29) is 5.56 Å². The molecule has 2 aromatic carbocycles. The first kappa shape index (κ1) is 23.5. The lowest BCUT2D eigenvalue weighted by Crippen LogP contribution is -2.36. The number of ether oxygens (including phenoxy) is 1. The molecule has 4 N–H and O–H groups in total. The fourth-order valence-corrected chi connectivity index (χ4v) is 5.34. The molecule has 1 fully saturated rings. The van der Waals surface area contributed by atoms with E-state index in [4.69, 9.17) is 10.5 Å². The topological polar surface area (TPSA) is 97.4 Å². The van der Waals surface area contributed by atoms with E-state index in [1.807, 2.05) is 25.2 Å². The smallest absolute Gasteiger partial charge is 0.274 e. The summed E-state index contributed by atoms with van der Waals surface area (Å²) in [5.74, 6) is 0.593. The Labute approximate surface area is 208 Å². The first-order valence-corrected chi connectivity index (χ1v) is 12.6. The molecule has 0 radical (unpaired) electrons. The average Bonchev–Trinajstić information content (AvgIpc) is 3.38. The number of hydrogen-bond acceptors (Lipinski definition) is 8. The molecular formula is C26H30N6O2S. The number of benzene rings is 2. The molecule has 35 heavy (non-hydrogen) atoms.